The highest BCUT2D eigenvalue weighted by atomic mass is 16.6. The highest BCUT2D eigenvalue weighted by Gasteiger charge is 2.32. The molecule has 134 valence electrons. The molecule has 3 aromatic rings. The van der Waals surface area contributed by atoms with Gasteiger partial charge >= 0.3 is 0 Å². The molecule has 1 unspecified atom stereocenters. The summed E-state index contributed by atoms with van der Waals surface area (Å²) >= 11 is 0. The van der Waals surface area contributed by atoms with Crippen molar-refractivity contribution in [3.63, 3.8) is 0 Å². The lowest BCUT2D eigenvalue weighted by Gasteiger charge is -2.26. The first kappa shape index (κ1) is 15.5. The summed E-state index contributed by atoms with van der Waals surface area (Å²) in [5.74, 6) is 1.43. The molecule has 3 heterocycles. The minimum absolute atomic E-state index is 0.0151. The summed E-state index contributed by atoms with van der Waals surface area (Å²) in [4.78, 5) is 12.4. The van der Waals surface area contributed by atoms with Crippen LogP contribution < -0.4 is 5.32 Å². The third-order valence-electron chi connectivity index (χ3n) is 5.74. The van der Waals surface area contributed by atoms with Crippen molar-refractivity contribution < 1.29 is 9.42 Å². The van der Waals surface area contributed by atoms with Gasteiger partial charge in [-0.1, -0.05) is 31.4 Å². The molecular formula is C19H21N5O2. The van der Waals surface area contributed by atoms with Gasteiger partial charge in [-0.05, 0) is 40.7 Å². The third kappa shape index (κ3) is 2.58. The van der Waals surface area contributed by atoms with E-state index in [1.54, 1.807) is 0 Å². The molecular weight excluding hydrogens is 330 g/mol. The Morgan fingerprint density at radius 3 is 2.92 bits per heavy atom. The van der Waals surface area contributed by atoms with E-state index in [9.17, 15) is 4.79 Å². The number of fused-ring (bicyclic) bond motifs is 2. The van der Waals surface area contributed by atoms with Gasteiger partial charge in [-0.2, -0.15) is 5.10 Å². The van der Waals surface area contributed by atoms with E-state index in [0.717, 1.165) is 29.0 Å². The Hall–Kier alpha value is -2.70. The lowest BCUT2D eigenvalue weighted by molar-refractivity contribution is -0.116. The van der Waals surface area contributed by atoms with Gasteiger partial charge in [0.05, 0.1) is 6.20 Å². The first-order valence-corrected chi connectivity index (χ1v) is 9.36. The molecule has 7 heteroatoms. The molecule has 7 nitrogen and oxygen atoms in total. The van der Waals surface area contributed by atoms with Gasteiger partial charge in [0, 0.05) is 24.4 Å². The van der Waals surface area contributed by atoms with Crippen molar-refractivity contribution in [2.75, 3.05) is 5.32 Å². The maximum absolute atomic E-state index is 12.4. The van der Waals surface area contributed by atoms with Crippen LogP contribution in [0.5, 0.6) is 0 Å². The zero-order chi connectivity index (χ0) is 17.5. The number of aromatic nitrogens is 4. The van der Waals surface area contributed by atoms with Crippen molar-refractivity contribution in [3.8, 4) is 0 Å². The molecule has 0 spiro atoms. The first-order chi connectivity index (χ1) is 12.8. The van der Waals surface area contributed by atoms with Crippen LogP contribution in [0.3, 0.4) is 0 Å². The van der Waals surface area contributed by atoms with Crippen molar-refractivity contribution in [2.24, 2.45) is 5.92 Å². The molecule has 1 aliphatic carbocycles. The Balaban J connectivity index is 1.52. The van der Waals surface area contributed by atoms with Crippen LogP contribution in [-0.2, 0) is 11.3 Å². The summed E-state index contributed by atoms with van der Waals surface area (Å²) in [6.07, 6.45) is 8.70. The lowest BCUT2D eigenvalue weighted by Crippen LogP contribution is -2.26. The van der Waals surface area contributed by atoms with Gasteiger partial charge in [0.25, 0.3) is 0 Å². The molecule has 5 rings (SSSR count). The lowest BCUT2D eigenvalue weighted by atomic mass is 9.86. The zero-order valence-corrected chi connectivity index (χ0v) is 14.5. The standard InChI is InChI=1S/C19H21N5O2/c25-17-9-14(13-7-4-8-16-18(13)23-26-22-16)15-10-20-24(19(15)21-17)11-12-5-2-1-3-6-12/h4,7-8,10,12,14H,1-3,5-6,9,11H2,(H,21,25). The van der Waals surface area contributed by atoms with E-state index < -0.39 is 0 Å². The quantitative estimate of drug-likeness (QED) is 0.781. The first-order valence-electron chi connectivity index (χ1n) is 9.36. The molecule has 2 aromatic heterocycles. The molecule has 0 radical (unpaired) electrons. The topological polar surface area (TPSA) is 85.8 Å². The predicted molar refractivity (Wildman–Crippen MR) is 95.7 cm³/mol. The van der Waals surface area contributed by atoms with Crippen LogP contribution in [0.2, 0.25) is 0 Å². The number of hydrogen-bond donors (Lipinski definition) is 1. The van der Waals surface area contributed by atoms with Crippen molar-refractivity contribution in [3.05, 3.63) is 35.5 Å². The van der Waals surface area contributed by atoms with Crippen LogP contribution in [0, 0.1) is 5.92 Å². The van der Waals surface area contributed by atoms with Crippen molar-refractivity contribution >= 4 is 22.8 Å². The fraction of sp³-hybridized carbons (Fsp3) is 0.474. The van der Waals surface area contributed by atoms with Crippen molar-refractivity contribution in [1.29, 1.82) is 0 Å². The molecule has 26 heavy (non-hydrogen) atoms. The van der Waals surface area contributed by atoms with E-state index in [1.165, 1.54) is 32.1 Å². The van der Waals surface area contributed by atoms with Gasteiger partial charge < -0.3 is 5.32 Å². The SMILES string of the molecule is O=C1CC(c2cccc3nonc23)c2cnn(CC3CCCCC3)c2N1. The molecule has 2 aliphatic rings. The third-order valence-corrected chi connectivity index (χ3v) is 5.74. The van der Waals surface area contributed by atoms with Crippen LogP contribution >= 0.6 is 0 Å². The Morgan fingerprint density at radius 1 is 1.15 bits per heavy atom. The largest absolute Gasteiger partial charge is 0.311 e. The fourth-order valence-corrected chi connectivity index (χ4v) is 4.41. The summed E-state index contributed by atoms with van der Waals surface area (Å²) in [6.45, 7) is 0.873. The van der Waals surface area contributed by atoms with Crippen LogP contribution in [0.15, 0.2) is 29.0 Å². The summed E-state index contributed by atoms with van der Waals surface area (Å²) in [5.41, 5.74) is 3.45. The zero-order valence-electron chi connectivity index (χ0n) is 14.5. The monoisotopic (exact) mass is 351 g/mol. The minimum Gasteiger partial charge on any atom is -0.311 e. The van der Waals surface area contributed by atoms with Crippen molar-refractivity contribution in [1.82, 2.24) is 20.1 Å². The highest BCUT2D eigenvalue weighted by Crippen LogP contribution is 2.39. The number of carbonyl (C=O) groups excluding carboxylic acids is 1. The van der Waals surface area contributed by atoms with E-state index in [-0.39, 0.29) is 11.8 Å². The fourth-order valence-electron chi connectivity index (χ4n) is 4.41. The van der Waals surface area contributed by atoms with Crippen molar-refractivity contribution in [2.45, 2.75) is 51.0 Å². The van der Waals surface area contributed by atoms with Gasteiger partial charge in [0.2, 0.25) is 5.91 Å². The van der Waals surface area contributed by atoms with Gasteiger partial charge in [0.1, 0.15) is 16.9 Å². The Morgan fingerprint density at radius 2 is 2.04 bits per heavy atom. The number of anilines is 1. The molecule has 1 amide bonds. The number of carbonyl (C=O) groups is 1. The second-order valence-electron chi connectivity index (χ2n) is 7.42. The summed E-state index contributed by atoms with van der Waals surface area (Å²) < 4.78 is 6.88. The van der Waals surface area contributed by atoms with Crippen LogP contribution in [0.1, 0.15) is 55.6 Å². The Kier molecular flexibility index (Phi) is 3.72. The molecule has 1 fully saturated rings. The average Bonchev–Trinajstić information content (AvgIpc) is 3.29. The van der Waals surface area contributed by atoms with Gasteiger partial charge in [0.15, 0.2) is 0 Å². The van der Waals surface area contributed by atoms with E-state index in [4.69, 9.17) is 4.63 Å². The van der Waals surface area contributed by atoms with Gasteiger partial charge in [-0.15, -0.1) is 0 Å². The molecule has 1 saturated carbocycles. The number of nitrogens with zero attached hydrogens (tertiary/aromatic N) is 4. The normalized spacial score (nSPS) is 20.9. The molecule has 0 saturated heterocycles. The maximum atomic E-state index is 12.4. The van der Waals surface area contributed by atoms with Crippen LogP contribution in [0.25, 0.3) is 11.0 Å². The van der Waals surface area contributed by atoms with Gasteiger partial charge in [-0.3, -0.25) is 4.79 Å². The Bertz CT molecular complexity index is 954. The number of rotatable bonds is 3. The smallest absolute Gasteiger partial charge is 0.226 e. The number of benzene rings is 1. The second-order valence-corrected chi connectivity index (χ2v) is 7.42. The van der Waals surface area contributed by atoms with E-state index in [1.807, 2.05) is 29.1 Å². The molecule has 1 atom stereocenters. The van der Waals surface area contributed by atoms with E-state index in [2.05, 4.69) is 20.7 Å². The summed E-state index contributed by atoms with van der Waals surface area (Å²) in [6, 6.07) is 5.80. The number of hydrogen-bond acceptors (Lipinski definition) is 5. The van der Waals surface area contributed by atoms with E-state index in [0.29, 0.717) is 17.9 Å². The molecule has 1 aromatic carbocycles. The maximum Gasteiger partial charge on any atom is 0.226 e. The second kappa shape index (κ2) is 6.23. The van der Waals surface area contributed by atoms with E-state index >= 15 is 0 Å². The molecule has 1 aliphatic heterocycles. The highest BCUT2D eigenvalue weighted by molar-refractivity contribution is 5.95. The summed E-state index contributed by atoms with van der Waals surface area (Å²) in [7, 11) is 0. The number of nitrogens with one attached hydrogen (secondary N) is 1. The van der Waals surface area contributed by atoms with Crippen LogP contribution in [0.4, 0.5) is 5.82 Å². The van der Waals surface area contributed by atoms with Gasteiger partial charge in [-0.25, -0.2) is 9.31 Å². The average molecular weight is 351 g/mol. The van der Waals surface area contributed by atoms with Crippen LogP contribution in [-0.4, -0.2) is 26.0 Å². The number of amides is 1. The molecule has 0 bridgehead atoms. The summed E-state index contributed by atoms with van der Waals surface area (Å²) in [5, 5.41) is 15.6. The minimum atomic E-state index is -0.0746. The Labute approximate surface area is 150 Å². The predicted octanol–water partition coefficient (Wildman–Crippen LogP) is 3.47. The molecule has 1 N–H and O–H groups in total.